The van der Waals surface area contributed by atoms with Gasteiger partial charge in [-0.3, -0.25) is 4.99 Å². The molecular formula is C22H17ClF3N3O3S. The van der Waals surface area contributed by atoms with E-state index in [1.807, 2.05) is 0 Å². The van der Waals surface area contributed by atoms with Gasteiger partial charge in [0, 0.05) is 16.7 Å². The Morgan fingerprint density at radius 1 is 1.15 bits per heavy atom. The molecule has 172 valence electrons. The van der Waals surface area contributed by atoms with Crippen LogP contribution in [0.2, 0.25) is 5.02 Å². The zero-order valence-corrected chi connectivity index (χ0v) is 18.6. The molecule has 0 spiro atoms. The SMILES string of the molecule is CC12C=CC=C(C(F)(F)F)C1=NC=NC2c1cc(Oc2cccc(S(N)(=O)=O)c2)ccc1Cl. The second kappa shape index (κ2) is 8.12. The third-order valence-electron chi connectivity index (χ3n) is 5.38. The first kappa shape index (κ1) is 23.2. The number of ether oxygens (including phenoxy) is 1. The van der Waals surface area contributed by atoms with Crippen LogP contribution in [-0.4, -0.2) is 26.6 Å². The van der Waals surface area contributed by atoms with Gasteiger partial charge in [-0.25, -0.2) is 18.5 Å². The van der Waals surface area contributed by atoms with Gasteiger partial charge in [-0.2, -0.15) is 13.2 Å². The molecule has 1 aliphatic carbocycles. The molecule has 0 bridgehead atoms. The third kappa shape index (κ3) is 4.46. The van der Waals surface area contributed by atoms with E-state index in [-0.39, 0.29) is 27.1 Å². The number of primary sulfonamides is 1. The van der Waals surface area contributed by atoms with Crippen LogP contribution in [0.15, 0.2) is 81.1 Å². The van der Waals surface area contributed by atoms with Crippen LogP contribution in [0.3, 0.4) is 0 Å². The molecule has 2 aliphatic rings. The van der Waals surface area contributed by atoms with E-state index in [1.165, 1.54) is 36.4 Å². The molecule has 0 aromatic heterocycles. The number of alkyl halides is 3. The first-order valence-corrected chi connectivity index (χ1v) is 11.5. The maximum absolute atomic E-state index is 13.6. The zero-order valence-electron chi connectivity index (χ0n) is 17.0. The summed E-state index contributed by atoms with van der Waals surface area (Å²) in [7, 11) is -3.93. The lowest BCUT2D eigenvalue weighted by atomic mass is 9.69. The van der Waals surface area contributed by atoms with Gasteiger partial charge < -0.3 is 4.74 Å². The molecule has 0 saturated carbocycles. The quantitative estimate of drug-likeness (QED) is 0.618. The van der Waals surface area contributed by atoms with Crippen molar-refractivity contribution in [3.63, 3.8) is 0 Å². The van der Waals surface area contributed by atoms with Gasteiger partial charge in [0.05, 0.1) is 27.6 Å². The van der Waals surface area contributed by atoms with E-state index in [1.54, 1.807) is 25.1 Å². The fraction of sp³-hybridized carbons (Fsp3) is 0.182. The Morgan fingerprint density at radius 3 is 2.58 bits per heavy atom. The average molecular weight is 496 g/mol. The van der Waals surface area contributed by atoms with Gasteiger partial charge in [0.1, 0.15) is 17.8 Å². The summed E-state index contributed by atoms with van der Waals surface area (Å²) in [5, 5.41) is 5.44. The molecule has 2 unspecified atom stereocenters. The predicted octanol–water partition coefficient (Wildman–Crippen LogP) is 5.37. The molecule has 11 heteroatoms. The highest BCUT2D eigenvalue weighted by Gasteiger charge is 2.49. The number of aliphatic imine (C=N–C) groups is 2. The normalized spacial score (nSPS) is 22.4. The Hall–Kier alpha value is -2.95. The number of nitrogens with zero attached hydrogens (tertiary/aromatic N) is 2. The van der Waals surface area contributed by atoms with Gasteiger partial charge in [-0.15, -0.1) is 0 Å². The molecule has 0 radical (unpaired) electrons. The van der Waals surface area contributed by atoms with Crippen molar-refractivity contribution in [2.24, 2.45) is 20.5 Å². The van der Waals surface area contributed by atoms with Crippen molar-refractivity contribution in [3.05, 3.63) is 76.9 Å². The summed E-state index contributed by atoms with van der Waals surface area (Å²) in [4.78, 5) is 8.15. The predicted molar refractivity (Wildman–Crippen MR) is 119 cm³/mol. The van der Waals surface area contributed by atoms with Crippen LogP contribution in [0.5, 0.6) is 11.5 Å². The molecule has 2 aromatic carbocycles. The van der Waals surface area contributed by atoms with Crippen LogP contribution in [0.4, 0.5) is 13.2 Å². The zero-order chi connectivity index (χ0) is 24.0. The van der Waals surface area contributed by atoms with Gasteiger partial charge in [0.2, 0.25) is 10.0 Å². The summed E-state index contributed by atoms with van der Waals surface area (Å²) < 4.78 is 69.7. The minimum atomic E-state index is -4.58. The smallest absolute Gasteiger partial charge is 0.418 e. The van der Waals surface area contributed by atoms with Gasteiger partial charge in [-0.1, -0.05) is 29.8 Å². The van der Waals surface area contributed by atoms with Gasteiger partial charge in [0.25, 0.3) is 0 Å². The topological polar surface area (TPSA) is 94.1 Å². The molecular weight excluding hydrogens is 479 g/mol. The fourth-order valence-corrected chi connectivity index (χ4v) is 4.58. The van der Waals surface area contributed by atoms with Crippen molar-refractivity contribution in [1.29, 1.82) is 0 Å². The Kier molecular flexibility index (Phi) is 5.71. The van der Waals surface area contributed by atoms with E-state index in [0.717, 1.165) is 12.4 Å². The number of halogens is 4. The van der Waals surface area contributed by atoms with Crippen LogP contribution in [0.25, 0.3) is 0 Å². The van der Waals surface area contributed by atoms with Crippen molar-refractivity contribution >= 4 is 33.7 Å². The van der Waals surface area contributed by atoms with Crippen molar-refractivity contribution in [3.8, 4) is 11.5 Å². The molecule has 0 fully saturated rings. The molecule has 33 heavy (non-hydrogen) atoms. The highest BCUT2D eigenvalue weighted by Crippen LogP contribution is 2.49. The average Bonchev–Trinajstić information content (AvgIpc) is 2.73. The Labute approximate surface area is 193 Å². The molecule has 6 nitrogen and oxygen atoms in total. The van der Waals surface area contributed by atoms with E-state index in [4.69, 9.17) is 21.5 Å². The fourth-order valence-electron chi connectivity index (χ4n) is 3.81. The van der Waals surface area contributed by atoms with Gasteiger partial charge >= 0.3 is 6.18 Å². The minimum Gasteiger partial charge on any atom is -0.457 e. The summed E-state index contributed by atoms with van der Waals surface area (Å²) in [6.45, 7) is 1.61. The van der Waals surface area contributed by atoms with Crippen molar-refractivity contribution in [2.75, 3.05) is 0 Å². The lowest BCUT2D eigenvalue weighted by molar-refractivity contribution is -0.0868. The maximum atomic E-state index is 13.6. The number of hydrogen-bond donors (Lipinski definition) is 1. The lowest BCUT2D eigenvalue weighted by Crippen LogP contribution is -2.40. The Bertz CT molecular complexity index is 1350. The second-order valence-corrected chi connectivity index (χ2v) is 9.64. The van der Waals surface area contributed by atoms with E-state index in [9.17, 15) is 21.6 Å². The number of hydrogen-bond acceptors (Lipinski definition) is 5. The minimum absolute atomic E-state index is 0.127. The first-order chi connectivity index (χ1) is 15.4. The number of rotatable bonds is 4. The number of benzene rings is 2. The number of nitrogens with two attached hydrogens (primary N) is 1. The standard InChI is InChI=1S/C22H17ClF3N3O3S/c1-21-9-3-6-17(22(24,25)26)20(21)29-12-28-19(21)16-11-14(7-8-18(16)23)32-13-4-2-5-15(10-13)33(27,30)31/h2-12,19H,1H3,(H2,27,30,31). The monoisotopic (exact) mass is 495 g/mol. The first-order valence-electron chi connectivity index (χ1n) is 9.57. The van der Waals surface area contributed by atoms with Crippen molar-refractivity contribution in [2.45, 2.75) is 24.0 Å². The molecule has 2 aromatic rings. The maximum Gasteiger partial charge on any atom is 0.418 e. The lowest BCUT2D eigenvalue weighted by Gasteiger charge is -2.39. The number of allylic oxidation sites excluding steroid dienone is 3. The van der Waals surface area contributed by atoms with Crippen LogP contribution in [-0.2, 0) is 10.0 Å². The molecule has 2 atom stereocenters. The van der Waals surface area contributed by atoms with Crippen LogP contribution in [0.1, 0.15) is 18.5 Å². The summed E-state index contributed by atoms with van der Waals surface area (Å²) in [5.41, 5.74) is -1.77. The highest BCUT2D eigenvalue weighted by atomic mass is 35.5. The van der Waals surface area contributed by atoms with Crippen LogP contribution >= 0.6 is 11.6 Å². The van der Waals surface area contributed by atoms with E-state index in [0.29, 0.717) is 5.56 Å². The number of sulfonamides is 1. The number of fused-ring (bicyclic) bond motifs is 1. The summed E-state index contributed by atoms with van der Waals surface area (Å²) in [6.07, 6.45) is 0.449. The van der Waals surface area contributed by atoms with E-state index < -0.39 is 33.2 Å². The second-order valence-electron chi connectivity index (χ2n) is 7.67. The van der Waals surface area contributed by atoms with Gasteiger partial charge in [0.15, 0.2) is 0 Å². The summed E-state index contributed by atoms with van der Waals surface area (Å²) in [5.74, 6) is 0.491. The van der Waals surface area contributed by atoms with E-state index in [2.05, 4.69) is 9.98 Å². The third-order valence-corrected chi connectivity index (χ3v) is 6.63. The summed E-state index contributed by atoms with van der Waals surface area (Å²) >= 11 is 6.41. The Morgan fingerprint density at radius 2 is 1.88 bits per heavy atom. The molecule has 1 aliphatic heterocycles. The van der Waals surface area contributed by atoms with Crippen molar-refractivity contribution in [1.82, 2.24) is 0 Å². The van der Waals surface area contributed by atoms with Crippen LogP contribution in [0, 0.1) is 5.41 Å². The molecule has 0 amide bonds. The van der Waals surface area contributed by atoms with Gasteiger partial charge in [-0.05, 0) is 43.3 Å². The molecule has 4 rings (SSSR count). The molecule has 0 saturated heterocycles. The molecule has 1 heterocycles. The summed E-state index contributed by atoms with van der Waals surface area (Å²) in [6, 6.07) is 9.44. The van der Waals surface area contributed by atoms with Crippen molar-refractivity contribution < 1.29 is 26.3 Å². The Balaban J connectivity index is 1.71. The highest BCUT2D eigenvalue weighted by molar-refractivity contribution is 7.89. The van der Waals surface area contributed by atoms with E-state index >= 15 is 0 Å². The molecule has 2 N–H and O–H groups in total. The largest absolute Gasteiger partial charge is 0.457 e. The van der Waals surface area contributed by atoms with Crippen LogP contribution < -0.4 is 9.88 Å².